The van der Waals surface area contributed by atoms with Crippen LogP contribution in [-0.4, -0.2) is 16.4 Å². The Morgan fingerprint density at radius 3 is 1.36 bits per heavy atom. The number of hydrogen-bond donors (Lipinski definition) is 2. The van der Waals surface area contributed by atoms with Crippen molar-refractivity contribution in [2.75, 3.05) is 0 Å². The molecule has 4 amide bonds. The molecule has 0 aromatic carbocycles. The van der Waals surface area contributed by atoms with Gasteiger partial charge in [0.15, 0.2) is 0 Å². The highest BCUT2D eigenvalue weighted by Crippen LogP contribution is 1.72. The number of urea groups is 2. The predicted octanol–water partition coefficient (Wildman–Crippen LogP) is 0.614. The number of carbonyl (C=O) groups excluding carboxylic acids is 2. The maximum Gasteiger partial charge on any atom is 0.357 e. The molecule has 4 N–H and O–H groups in total. The summed E-state index contributed by atoms with van der Waals surface area (Å²) in [5, 5.41) is 5.23. The molecule has 11 heavy (non-hydrogen) atoms. The van der Waals surface area contributed by atoms with E-state index in [-0.39, 0.29) is 0 Å². The maximum absolute atomic E-state index is 9.66. The van der Waals surface area contributed by atoms with Gasteiger partial charge in [-0.2, -0.15) is 0 Å². The first kappa shape index (κ1) is 12.4. The molecule has 0 spiro atoms. The number of carbonyl (C=O) groups is 2. The molecule has 0 bridgehead atoms. The van der Waals surface area contributed by atoms with Gasteiger partial charge in [-0.05, 0) is 24.4 Å². The Morgan fingerprint density at radius 2 is 1.27 bits per heavy atom. The van der Waals surface area contributed by atoms with Crippen LogP contribution < -0.4 is 11.5 Å². The molecule has 0 radical (unpaired) electrons. The van der Waals surface area contributed by atoms with Gasteiger partial charge in [0.2, 0.25) is 0 Å². The second kappa shape index (κ2) is 8.76. The Bertz CT molecular complexity index is 191. The zero-order chi connectivity index (χ0) is 9.28. The minimum absolute atomic E-state index is 1.04. The van der Waals surface area contributed by atoms with Crippen LogP contribution in [0.2, 0.25) is 0 Å². The Morgan fingerprint density at radius 1 is 1.09 bits per heavy atom. The normalized spacial score (nSPS) is 7.64. The molecule has 0 aliphatic rings. The van der Waals surface area contributed by atoms with Crippen molar-refractivity contribution >= 4 is 40.8 Å². The van der Waals surface area contributed by atoms with Crippen molar-refractivity contribution in [3.8, 4) is 0 Å². The molecule has 0 unspecified atom stereocenters. The lowest BCUT2D eigenvalue weighted by molar-refractivity contribution is 0.249. The molecular formula is C3H4N4O2S2. The van der Waals surface area contributed by atoms with Crippen LogP contribution in [0.3, 0.4) is 0 Å². The van der Waals surface area contributed by atoms with Gasteiger partial charge in [0, 0.05) is 4.31 Å². The number of primary amides is 2. The Labute approximate surface area is 72.6 Å². The van der Waals surface area contributed by atoms with Crippen LogP contribution in [0.15, 0.2) is 10.2 Å². The highest BCUT2D eigenvalue weighted by atomic mass is 32.1. The Kier molecular flexibility index (Phi) is 9.90. The summed E-state index contributed by atoms with van der Waals surface area (Å²) in [6.07, 6.45) is 0. The number of nitrogens with zero attached hydrogens (tertiary/aromatic N) is 2. The second-order valence-electron chi connectivity index (χ2n) is 0.960. The zero-order valence-electron chi connectivity index (χ0n) is 5.18. The molecule has 0 atom stereocenters. The summed E-state index contributed by atoms with van der Waals surface area (Å²) < 4.78 is 1.92. The highest BCUT2D eigenvalue weighted by molar-refractivity contribution is 7.93. The second-order valence-corrected chi connectivity index (χ2v) is 1.63. The van der Waals surface area contributed by atoms with E-state index in [2.05, 4.69) is 46.1 Å². The van der Waals surface area contributed by atoms with Gasteiger partial charge < -0.3 is 11.5 Å². The summed E-state index contributed by atoms with van der Waals surface area (Å²) in [5.74, 6) is 0. The SMILES string of the molecule is NC(=O)/N=N/C(N)=O.S=C=S. The average Bonchev–Trinajstić information content (AvgIpc) is 1.85. The first-order valence-electron chi connectivity index (χ1n) is 2.04. The minimum atomic E-state index is -1.04. The van der Waals surface area contributed by atoms with Crippen LogP contribution >= 0.6 is 24.4 Å². The van der Waals surface area contributed by atoms with E-state index in [1.165, 1.54) is 0 Å². The number of rotatable bonds is 0. The molecule has 0 saturated heterocycles. The van der Waals surface area contributed by atoms with E-state index >= 15 is 0 Å². The monoisotopic (exact) mass is 192 g/mol. The molecule has 0 aromatic rings. The lowest BCUT2D eigenvalue weighted by atomic mass is 11.1. The summed E-state index contributed by atoms with van der Waals surface area (Å²) >= 11 is 7.92. The Hall–Kier alpha value is -1.24. The van der Waals surface area contributed by atoms with Crippen LogP contribution in [0.4, 0.5) is 9.59 Å². The summed E-state index contributed by atoms with van der Waals surface area (Å²) in [6, 6.07) is -2.08. The smallest absolute Gasteiger partial charge is 0.348 e. The molecule has 0 aliphatic heterocycles. The van der Waals surface area contributed by atoms with Gasteiger partial charge in [-0.3, -0.25) is 0 Å². The summed E-state index contributed by atoms with van der Waals surface area (Å²) in [4.78, 5) is 19.3. The molecular weight excluding hydrogens is 188 g/mol. The molecule has 8 heteroatoms. The first-order valence-corrected chi connectivity index (χ1v) is 2.86. The highest BCUT2D eigenvalue weighted by Gasteiger charge is 1.86. The molecule has 0 saturated carbocycles. The van der Waals surface area contributed by atoms with Gasteiger partial charge in [0.25, 0.3) is 0 Å². The molecule has 0 fully saturated rings. The third-order valence-electron chi connectivity index (χ3n) is 0.247. The largest absolute Gasteiger partial charge is 0.357 e. The molecule has 0 heterocycles. The van der Waals surface area contributed by atoms with E-state index < -0.39 is 12.1 Å². The molecule has 0 aliphatic carbocycles. The van der Waals surface area contributed by atoms with Gasteiger partial charge in [-0.15, -0.1) is 0 Å². The molecule has 6 nitrogen and oxygen atoms in total. The lowest BCUT2D eigenvalue weighted by Crippen LogP contribution is -2.07. The van der Waals surface area contributed by atoms with Gasteiger partial charge in [0.1, 0.15) is 0 Å². The number of hydrogen-bond acceptors (Lipinski definition) is 4. The molecule has 0 rings (SSSR count). The van der Waals surface area contributed by atoms with Crippen LogP contribution in [0.5, 0.6) is 0 Å². The van der Waals surface area contributed by atoms with Crippen molar-refractivity contribution in [3.63, 3.8) is 0 Å². The van der Waals surface area contributed by atoms with E-state index in [1.807, 2.05) is 4.31 Å². The summed E-state index contributed by atoms with van der Waals surface area (Å²) in [7, 11) is 0. The third kappa shape index (κ3) is 28.3. The molecule has 0 aromatic heterocycles. The zero-order valence-corrected chi connectivity index (χ0v) is 6.82. The van der Waals surface area contributed by atoms with Crippen molar-refractivity contribution in [2.24, 2.45) is 21.7 Å². The van der Waals surface area contributed by atoms with Crippen LogP contribution in [0.1, 0.15) is 0 Å². The van der Waals surface area contributed by atoms with Gasteiger partial charge in [-0.25, -0.2) is 9.59 Å². The number of azo groups is 1. The fourth-order valence-electron chi connectivity index (χ4n) is 0.0986. The van der Waals surface area contributed by atoms with E-state index in [1.54, 1.807) is 0 Å². The van der Waals surface area contributed by atoms with Gasteiger partial charge >= 0.3 is 12.1 Å². The van der Waals surface area contributed by atoms with Crippen molar-refractivity contribution in [3.05, 3.63) is 0 Å². The lowest BCUT2D eigenvalue weighted by Gasteiger charge is -1.74. The standard InChI is InChI=1S/C2H4N4O2.CS2/c3-1(7)5-6-2(4)8;2-1-3/h(H2,3,7)(H2,4,8);/b6-5+;. The van der Waals surface area contributed by atoms with Crippen molar-refractivity contribution in [1.82, 2.24) is 0 Å². The van der Waals surface area contributed by atoms with Crippen LogP contribution in [-0.2, 0) is 0 Å². The van der Waals surface area contributed by atoms with E-state index in [9.17, 15) is 9.59 Å². The summed E-state index contributed by atoms with van der Waals surface area (Å²) in [5.41, 5.74) is 8.87. The topological polar surface area (TPSA) is 111 Å². The fourth-order valence-corrected chi connectivity index (χ4v) is 0.0986. The molecule has 60 valence electrons. The van der Waals surface area contributed by atoms with Crippen LogP contribution in [0, 0.1) is 0 Å². The quantitative estimate of drug-likeness (QED) is 0.432. The first-order chi connectivity index (χ1) is 5.04. The number of thiocarbonyl (C=S) groups is 2. The average molecular weight is 192 g/mol. The number of nitrogens with two attached hydrogens (primary N) is 2. The third-order valence-corrected chi connectivity index (χ3v) is 0.247. The van der Waals surface area contributed by atoms with Gasteiger partial charge in [0.05, 0.1) is 0 Å². The fraction of sp³-hybridized carbons (Fsp3) is 0. The van der Waals surface area contributed by atoms with E-state index in [0.717, 1.165) is 0 Å². The van der Waals surface area contributed by atoms with Crippen molar-refractivity contribution in [2.45, 2.75) is 0 Å². The van der Waals surface area contributed by atoms with Crippen molar-refractivity contribution in [1.29, 1.82) is 0 Å². The summed E-state index contributed by atoms with van der Waals surface area (Å²) in [6.45, 7) is 0. The minimum Gasteiger partial charge on any atom is -0.348 e. The van der Waals surface area contributed by atoms with E-state index in [4.69, 9.17) is 0 Å². The van der Waals surface area contributed by atoms with Crippen molar-refractivity contribution < 1.29 is 9.59 Å². The number of amides is 4. The van der Waals surface area contributed by atoms with E-state index in [0.29, 0.717) is 0 Å². The predicted molar refractivity (Wildman–Crippen MR) is 44.2 cm³/mol. The Balaban J connectivity index is 0. The van der Waals surface area contributed by atoms with Crippen LogP contribution in [0.25, 0.3) is 0 Å². The maximum atomic E-state index is 9.66. The van der Waals surface area contributed by atoms with Gasteiger partial charge in [-0.1, -0.05) is 10.2 Å².